The van der Waals surface area contributed by atoms with Crippen LogP contribution in [0.5, 0.6) is 0 Å². The van der Waals surface area contributed by atoms with Crippen molar-refractivity contribution in [1.82, 2.24) is 15.3 Å². The van der Waals surface area contributed by atoms with E-state index in [-0.39, 0.29) is 0 Å². The molecule has 0 spiro atoms. The highest BCUT2D eigenvalue weighted by Gasteiger charge is 2.24. The van der Waals surface area contributed by atoms with Crippen LogP contribution in [0.4, 0.5) is 5.95 Å². The van der Waals surface area contributed by atoms with Gasteiger partial charge < -0.3 is 10.2 Å². The van der Waals surface area contributed by atoms with E-state index in [4.69, 9.17) is 0 Å². The molecule has 0 aromatic carbocycles. The monoisotopic (exact) mass is 260 g/mol. The van der Waals surface area contributed by atoms with E-state index in [1.807, 2.05) is 18.5 Å². The SMILES string of the molecule is c1cnc(N2CCC[C@H](NC3CCCCC3)C2)nc1. The fraction of sp³-hybridized carbons (Fsp3) is 0.733. The maximum absolute atomic E-state index is 4.37. The highest BCUT2D eigenvalue weighted by molar-refractivity contribution is 5.29. The molecule has 1 saturated heterocycles. The van der Waals surface area contributed by atoms with Crippen LogP contribution in [0.3, 0.4) is 0 Å². The lowest BCUT2D eigenvalue weighted by molar-refractivity contribution is 0.311. The van der Waals surface area contributed by atoms with Gasteiger partial charge in [-0.05, 0) is 31.7 Å². The van der Waals surface area contributed by atoms with Crippen molar-refractivity contribution in [3.05, 3.63) is 18.5 Å². The van der Waals surface area contributed by atoms with Gasteiger partial charge in [-0.2, -0.15) is 0 Å². The molecule has 2 aliphatic rings. The Kier molecular flexibility index (Phi) is 4.28. The molecule has 1 N–H and O–H groups in total. The number of nitrogens with one attached hydrogen (secondary N) is 1. The molecule has 104 valence electrons. The second kappa shape index (κ2) is 6.33. The van der Waals surface area contributed by atoms with Gasteiger partial charge in [-0.1, -0.05) is 19.3 Å². The van der Waals surface area contributed by atoms with Gasteiger partial charge in [0.05, 0.1) is 0 Å². The fourth-order valence-corrected chi connectivity index (χ4v) is 3.35. The Labute approximate surface area is 115 Å². The Bertz CT molecular complexity index is 375. The first-order valence-corrected chi connectivity index (χ1v) is 7.70. The van der Waals surface area contributed by atoms with Crippen molar-refractivity contribution >= 4 is 5.95 Å². The molecular weight excluding hydrogens is 236 g/mol. The van der Waals surface area contributed by atoms with Crippen LogP contribution in [0.25, 0.3) is 0 Å². The maximum atomic E-state index is 4.37. The molecule has 4 heteroatoms. The Balaban J connectivity index is 1.55. The summed E-state index contributed by atoms with van der Waals surface area (Å²) in [5.41, 5.74) is 0. The van der Waals surface area contributed by atoms with E-state index in [2.05, 4.69) is 20.2 Å². The van der Waals surface area contributed by atoms with Gasteiger partial charge in [0.1, 0.15) is 0 Å². The largest absolute Gasteiger partial charge is 0.339 e. The van der Waals surface area contributed by atoms with Gasteiger partial charge in [0.25, 0.3) is 0 Å². The van der Waals surface area contributed by atoms with Crippen LogP contribution in [-0.2, 0) is 0 Å². The predicted octanol–water partition coefficient (Wildman–Crippen LogP) is 2.37. The maximum Gasteiger partial charge on any atom is 0.225 e. The van der Waals surface area contributed by atoms with Gasteiger partial charge in [-0.25, -0.2) is 9.97 Å². The minimum atomic E-state index is 0.612. The zero-order valence-corrected chi connectivity index (χ0v) is 11.6. The first-order valence-electron chi connectivity index (χ1n) is 7.70. The van der Waals surface area contributed by atoms with Crippen molar-refractivity contribution in [3.8, 4) is 0 Å². The second-order valence-electron chi connectivity index (χ2n) is 5.84. The van der Waals surface area contributed by atoms with E-state index in [0.717, 1.165) is 25.1 Å². The summed E-state index contributed by atoms with van der Waals surface area (Å²) in [5, 5.41) is 3.86. The summed E-state index contributed by atoms with van der Waals surface area (Å²) >= 11 is 0. The number of aromatic nitrogens is 2. The molecule has 2 heterocycles. The standard InChI is InChI=1S/C15H24N4/c1-2-6-13(7-3-1)18-14-8-4-11-19(12-14)15-16-9-5-10-17-15/h5,9-10,13-14,18H,1-4,6-8,11-12H2/t14-/m0/s1. The Morgan fingerprint density at radius 2 is 1.68 bits per heavy atom. The third-order valence-corrected chi connectivity index (χ3v) is 4.33. The molecule has 2 fully saturated rings. The zero-order valence-electron chi connectivity index (χ0n) is 11.6. The molecule has 1 saturated carbocycles. The fourth-order valence-electron chi connectivity index (χ4n) is 3.35. The Morgan fingerprint density at radius 1 is 0.947 bits per heavy atom. The van der Waals surface area contributed by atoms with Crippen LogP contribution in [-0.4, -0.2) is 35.1 Å². The summed E-state index contributed by atoms with van der Waals surface area (Å²) in [7, 11) is 0. The van der Waals surface area contributed by atoms with E-state index in [1.54, 1.807) is 0 Å². The third kappa shape index (κ3) is 3.44. The van der Waals surface area contributed by atoms with E-state index >= 15 is 0 Å². The molecule has 1 aliphatic heterocycles. The smallest absolute Gasteiger partial charge is 0.225 e. The van der Waals surface area contributed by atoms with Crippen molar-refractivity contribution in [1.29, 1.82) is 0 Å². The highest BCUT2D eigenvalue weighted by atomic mass is 15.3. The van der Waals surface area contributed by atoms with Crippen molar-refractivity contribution in [3.63, 3.8) is 0 Å². The van der Waals surface area contributed by atoms with Crippen LogP contribution in [0.15, 0.2) is 18.5 Å². The van der Waals surface area contributed by atoms with Gasteiger partial charge >= 0.3 is 0 Å². The molecule has 3 rings (SSSR count). The molecule has 19 heavy (non-hydrogen) atoms. The molecule has 0 amide bonds. The predicted molar refractivity (Wildman–Crippen MR) is 77.3 cm³/mol. The number of rotatable bonds is 3. The van der Waals surface area contributed by atoms with Crippen LogP contribution < -0.4 is 10.2 Å². The van der Waals surface area contributed by atoms with Crippen LogP contribution in [0.1, 0.15) is 44.9 Å². The number of nitrogens with zero attached hydrogens (tertiary/aromatic N) is 3. The van der Waals surface area contributed by atoms with Gasteiger partial charge in [0.2, 0.25) is 5.95 Å². The molecule has 1 aromatic rings. The first-order chi connectivity index (χ1) is 9.42. The van der Waals surface area contributed by atoms with Gasteiger partial charge in [-0.3, -0.25) is 0 Å². The van der Waals surface area contributed by atoms with E-state index < -0.39 is 0 Å². The van der Waals surface area contributed by atoms with Crippen LogP contribution >= 0.6 is 0 Å². The molecule has 0 bridgehead atoms. The summed E-state index contributed by atoms with van der Waals surface area (Å²) in [6, 6.07) is 3.24. The number of hydrogen-bond donors (Lipinski definition) is 1. The molecule has 1 aromatic heterocycles. The molecule has 0 radical (unpaired) electrons. The lowest BCUT2D eigenvalue weighted by Gasteiger charge is -2.36. The summed E-state index contributed by atoms with van der Waals surface area (Å²) in [4.78, 5) is 11.1. The molecule has 1 aliphatic carbocycles. The first kappa shape index (κ1) is 12.9. The quantitative estimate of drug-likeness (QED) is 0.906. The average molecular weight is 260 g/mol. The van der Waals surface area contributed by atoms with Gasteiger partial charge in [0.15, 0.2) is 0 Å². The third-order valence-electron chi connectivity index (χ3n) is 4.33. The van der Waals surface area contributed by atoms with Crippen molar-refractivity contribution < 1.29 is 0 Å². The van der Waals surface area contributed by atoms with Crippen LogP contribution in [0.2, 0.25) is 0 Å². The normalized spacial score (nSPS) is 25.5. The number of piperidine rings is 1. The average Bonchev–Trinajstić information content (AvgIpc) is 2.49. The molecule has 1 atom stereocenters. The topological polar surface area (TPSA) is 41.1 Å². The summed E-state index contributed by atoms with van der Waals surface area (Å²) < 4.78 is 0. The second-order valence-corrected chi connectivity index (χ2v) is 5.84. The van der Waals surface area contributed by atoms with Crippen molar-refractivity contribution in [2.45, 2.75) is 57.0 Å². The number of hydrogen-bond acceptors (Lipinski definition) is 4. The highest BCUT2D eigenvalue weighted by Crippen LogP contribution is 2.21. The van der Waals surface area contributed by atoms with E-state index in [1.165, 1.54) is 44.9 Å². The lowest BCUT2D eigenvalue weighted by atomic mass is 9.94. The van der Waals surface area contributed by atoms with Gasteiger partial charge in [0, 0.05) is 37.6 Å². The summed E-state index contributed by atoms with van der Waals surface area (Å²) in [6.45, 7) is 2.15. The Morgan fingerprint density at radius 3 is 2.47 bits per heavy atom. The van der Waals surface area contributed by atoms with Gasteiger partial charge in [-0.15, -0.1) is 0 Å². The molecule has 0 unspecified atom stereocenters. The minimum Gasteiger partial charge on any atom is -0.339 e. The summed E-state index contributed by atoms with van der Waals surface area (Å²) in [5.74, 6) is 0.887. The lowest BCUT2D eigenvalue weighted by Crippen LogP contribution is -2.50. The van der Waals surface area contributed by atoms with Crippen LogP contribution in [0, 0.1) is 0 Å². The molecule has 4 nitrogen and oxygen atoms in total. The number of anilines is 1. The molecular formula is C15H24N4. The van der Waals surface area contributed by atoms with Crippen molar-refractivity contribution in [2.24, 2.45) is 0 Å². The zero-order chi connectivity index (χ0) is 12.9. The van der Waals surface area contributed by atoms with Crippen molar-refractivity contribution in [2.75, 3.05) is 18.0 Å². The minimum absolute atomic E-state index is 0.612. The Hall–Kier alpha value is -1.16. The van der Waals surface area contributed by atoms with E-state index in [9.17, 15) is 0 Å². The van der Waals surface area contributed by atoms with E-state index in [0.29, 0.717) is 6.04 Å². The summed E-state index contributed by atoms with van der Waals surface area (Å²) in [6.07, 6.45) is 13.1.